The molecule has 164 valence electrons. The SMILES string of the molecule is Cc1cccn2cc(-c3ccccc3NC(=O)c3ccc4noc(-c5ccccc5)c4c3)nc12. The smallest absolute Gasteiger partial charge is 0.255 e. The number of hydrogen-bond acceptors (Lipinski definition) is 4. The first kappa shape index (κ1) is 19.9. The van der Waals surface area contributed by atoms with E-state index in [-0.39, 0.29) is 5.91 Å². The summed E-state index contributed by atoms with van der Waals surface area (Å²) in [5, 5.41) is 8.00. The molecule has 1 N–H and O–H groups in total. The van der Waals surface area contributed by atoms with Crippen LogP contribution in [-0.4, -0.2) is 20.4 Å². The van der Waals surface area contributed by atoms with E-state index >= 15 is 0 Å². The maximum Gasteiger partial charge on any atom is 0.255 e. The minimum atomic E-state index is -0.213. The molecule has 3 heterocycles. The second-order valence-corrected chi connectivity index (χ2v) is 8.16. The van der Waals surface area contributed by atoms with Gasteiger partial charge < -0.3 is 14.2 Å². The van der Waals surface area contributed by atoms with Crippen molar-refractivity contribution in [2.24, 2.45) is 0 Å². The summed E-state index contributed by atoms with van der Waals surface area (Å²) in [6.45, 7) is 2.03. The Hall–Kier alpha value is -4.71. The summed E-state index contributed by atoms with van der Waals surface area (Å²) in [5.41, 5.74) is 6.47. The van der Waals surface area contributed by atoms with Crippen molar-refractivity contribution in [2.75, 3.05) is 5.32 Å². The van der Waals surface area contributed by atoms with Crippen LogP contribution in [0.3, 0.4) is 0 Å². The molecular weight excluding hydrogens is 424 g/mol. The molecule has 6 nitrogen and oxygen atoms in total. The molecule has 34 heavy (non-hydrogen) atoms. The molecule has 1 amide bonds. The number of carbonyl (C=O) groups excluding carboxylic acids is 1. The first-order valence-corrected chi connectivity index (χ1v) is 11.0. The van der Waals surface area contributed by atoms with E-state index < -0.39 is 0 Å². The number of nitrogens with zero attached hydrogens (tertiary/aromatic N) is 3. The lowest BCUT2D eigenvalue weighted by atomic mass is 10.1. The highest BCUT2D eigenvalue weighted by molar-refractivity contribution is 6.08. The predicted molar refractivity (Wildman–Crippen MR) is 133 cm³/mol. The first-order valence-electron chi connectivity index (χ1n) is 11.0. The molecule has 0 saturated heterocycles. The number of benzene rings is 3. The van der Waals surface area contributed by atoms with Crippen LogP contribution in [0.4, 0.5) is 5.69 Å². The fourth-order valence-electron chi connectivity index (χ4n) is 4.17. The van der Waals surface area contributed by atoms with Crippen LogP contribution in [0.5, 0.6) is 0 Å². The van der Waals surface area contributed by atoms with Gasteiger partial charge in [-0.05, 0) is 42.8 Å². The van der Waals surface area contributed by atoms with Gasteiger partial charge in [0.1, 0.15) is 11.2 Å². The van der Waals surface area contributed by atoms with Gasteiger partial charge in [-0.3, -0.25) is 4.79 Å². The molecule has 0 saturated carbocycles. The number of fused-ring (bicyclic) bond motifs is 2. The maximum absolute atomic E-state index is 13.2. The molecule has 0 aliphatic heterocycles. The highest BCUT2D eigenvalue weighted by atomic mass is 16.5. The lowest BCUT2D eigenvalue weighted by Crippen LogP contribution is -2.12. The Morgan fingerprint density at radius 2 is 1.76 bits per heavy atom. The van der Waals surface area contributed by atoms with Gasteiger partial charge in [-0.25, -0.2) is 4.98 Å². The van der Waals surface area contributed by atoms with Crippen molar-refractivity contribution in [3.05, 3.63) is 108 Å². The number of amides is 1. The summed E-state index contributed by atoms with van der Waals surface area (Å²) in [6.07, 6.45) is 3.95. The summed E-state index contributed by atoms with van der Waals surface area (Å²) in [6, 6.07) is 26.8. The van der Waals surface area contributed by atoms with E-state index in [1.165, 1.54) is 0 Å². The standard InChI is InChI=1S/C28H20N4O2/c1-18-8-7-15-32-17-25(29-27(18)32)21-11-5-6-12-23(21)30-28(33)20-13-14-24-22(16-20)26(34-31-24)19-9-3-2-4-10-19/h2-17H,1H3,(H,30,33). The Balaban J connectivity index is 1.36. The minimum absolute atomic E-state index is 0.213. The quantitative estimate of drug-likeness (QED) is 0.343. The fraction of sp³-hybridized carbons (Fsp3) is 0.0357. The van der Waals surface area contributed by atoms with Gasteiger partial charge in [-0.15, -0.1) is 0 Å². The second kappa shape index (κ2) is 8.01. The number of pyridine rings is 1. The minimum Gasteiger partial charge on any atom is -0.355 e. The zero-order valence-corrected chi connectivity index (χ0v) is 18.4. The fourth-order valence-corrected chi connectivity index (χ4v) is 4.17. The molecule has 0 fully saturated rings. The first-order chi connectivity index (χ1) is 16.7. The Labute approximate surface area is 195 Å². The number of anilines is 1. The third-order valence-electron chi connectivity index (χ3n) is 5.90. The summed E-state index contributed by atoms with van der Waals surface area (Å²) in [5.74, 6) is 0.431. The Morgan fingerprint density at radius 3 is 2.62 bits per heavy atom. The molecule has 0 bridgehead atoms. The summed E-state index contributed by atoms with van der Waals surface area (Å²) >= 11 is 0. The molecule has 0 radical (unpaired) electrons. The van der Waals surface area contributed by atoms with E-state index in [9.17, 15) is 4.79 Å². The third-order valence-corrected chi connectivity index (χ3v) is 5.90. The molecular formula is C28H20N4O2. The van der Waals surface area contributed by atoms with Gasteiger partial charge in [0.05, 0.1) is 16.8 Å². The zero-order chi connectivity index (χ0) is 23.1. The normalized spacial score (nSPS) is 11.2. The van der Waals surface area contributed by atoms with Crippen molar-refractivity contribution in [3.8, 4) is 22.6 Å². The second-order valence-electron chi connectivity index (χ2n) is 8.16. The number of rotatable bonds is 4. The van der Waals surface area contributed by atoms with Crippen LogP contribution in [0, 0.1) is 6.92 Å². The van der Waals surface area contributed by atoms with Crippen LogP contribution in [0.2, 0.25) is 0 Å². The number of nitrogens with one attached hydrogen (secondary N) is 1. The lowest BCUT2D eigenvalue weighted by Gasteiger charge is -2.10. The Kier molecular flexibility index (Phi) is 4.70. The predicted octanol–water partition coefficient (Wildman–Crippen LogP) is 6.37. The molecule has 3 aromatic carbocycles. The Morgan fingerprint density at radius 1 is 0.941 bits per heavy atom. The molecule has 0 aliphatic rings. The number of carbonyl (C=O) groups is 1. The van der Waals surface area contributed by atoms with Crippen molar-refractivity contribution in [2.45, 2.75) is 6.92 Å². The number of hydrogen-bond donors (Lipinski definition) is 1. The molecule has 6 rings (SSSR count). The Bertz CT molecular complexity index is 1660. The summed E-state index contributed by atoms with van der Waals surface area (Å²) < 4.78 is 7.57. The average Bonchev–Trinajstić information content (AvgIpc) is 3.50. The van der Waals surface area contributed by atoms with Gasteiger partial charge in [0.15, 0.2) is 5.76 Å². The van der Waals surface area contributed by atoms with E-state index in [4.69, 9.17) is 9.51 Å². The topological polar surface area (TPSA) is 72.4 Å². The zero-order valence-electron chi connectivity index (χ0n) is 18.4. The lowest BCUT2D eigenvalue weighted by molar-refractivity contribution is 0.102. The highest BCUT2D eigenvalue weighted by Crippen LogP contribution is 2.31. The van der Waals surface area contributed by atoms with Gasteiger partial charge in [0.2, 0.25) is 0 Å². The van der Waals surface area contributed by atoms with Crippen molar-refractivity contribution in [1.82, 2.24) is 14.5 Å². The van der Waals surface area contributed by atoms with Crippen LogP contribution in [-0.2, 0) is 0 Å². The highest BCUT2D eigenvalue weighted by Gasteiger charge is 2.16. The largest absolute Gasteiger partial charge is 0.355 e. The number of aromatic nitrogens is 3. The van der Waals surface area contributed by atoms with Crippen LogP contribution >= 0.6 is 0 Å². The van der Waals surface area contributed by atoms with Crippen molar-refractivity contribution in [3.63, 3.8) is 0 Å². The van der Waals surface area contributed by atoms with E-state index in [0.29, 0.717) is 22.5 Å². The van der Waals surface area contributed by atoms with Crippen molar-refractivity contribution in [1.29, 1.82) is 0 Å². The number of para-hydroxylation sites is 1. The van der Waals surface area contributed by atoms with Gasteiger partial charge in [-0.1, -0.05) is 59.8 Å². The van der Waals surface area contributed by atoms with Gasteiger partial charge >= 0.3 is 0 Å². The molecule has 0 aliphatic carbocycles. The third kappa shape index (κ3) is 3.42. The van der Waals surface area contributed by atoms with E-state index in [0.717, 1.165) is 33.4 Å². The van der Waals surface area contributed by atoms with Crippen LogP contribution in [0.25, 0.3) is 39.1 Å². The molecule has 0 atom stereocenters. The van der Waals surface area contributed by atoms with Gasteiger partial charge in [0.25, 0.3) is 5.91 Å². The van der Waals surface area contributed by atoms with Crippen molar-refractivity contribution < 1.29 is 9.32 Å². The monoisotopic (exact) mass is 444 g/mol. The van der Waals surface area contributed by atoms with Gasteiger partial charge in [-0.2, -0.15) is 0 Å². The number of imidazole rings is 1. The van der Waals surface area contributed by atoms with Crippen molar-refractivity contribution >= 4 is 28.1 Å². The molecule has 0 spiro atoms. The number of aryl methyl sites for hydroxylation is 1. The van der Waals surface area contributed by atoms with Gasteiger partial charge in [0, 0.05) is 29.1 Å². The van der Waals surface area contributed by atoms with E-state index in [1.807, 2.05) is 96.5 Å². The van der Waals surface area contributed by atoms with Crippen LogP contribution < -0.4 is 5.32 Å². The van der Waals surface area contributed by atoms with E-state index in [2.05, 4.69) is 10.5 Å². The molecule has 6 heteroatoms. The molecule has 0 unspecified atom stereocenters. The summed E-state index contributed by atoms with van der Waals surface area (Å²) in [4.78, 5) is 18.0. The molecule has 3 aromatic heterocycles. The van der Waals surface area contributed by atoms with Crippen LogP contribution in [0.15, 0.2) is 102 Å². The van der Waals surface area contributed by atoms with E-state index in [1.54, 1.807) is 12.1 Å². The van der Waals surface area contributed by atoms with Crippen LogP contribution in [0.1, 0.15) is 15.9 Å². The molecule has 6 aromatic rings. The maximum atomic E-state index is 13.2. The summed E-state index contributed by atoms with van der Waals surface area (Å²) in [7, 11) is 0. The average molecular weight is 444 g/mol.